The van der Waals surface area contributed by atoms with Gasteiger partial charge in [0.1, 0.15) is 4.88 Å². The number of nitrogens with one attached hydrogen (secondary N) is 1. The molecule has 1 aliphatic rings. The number of carbonyl (C=O) groups is 1. The lowest BCUT2D eigenvalue weighted by Gasteiger charge is -2.18. The summed E-state index contributed by atoms with van der Waals surface area (Å²) in [6, 6.07) is 2.27. The van der Waals surface area contributed by atoms with Crippen LogP contribution < -0.4 is 16.0 Å². The van der Waals surface area contributed by atoms with E-state index in [2.05, 4.69) is 24.1 Å². The standard InChI is InChI=1S/C13H21N3OS/c1-8(2)7-16(3)11-6-10(14)12(18-11)13(17)15-9-4-5-9/h6,8-9H,4-5,7,14H2,1-3H3,(H,15,17). The number of nitrogens with two attached hydrogens (primary N) is 1. The molecule has 1 heterocycles. The molecule has 0 spiro atoms. The third kappa shape index (κ3) is 3.16. The third-order valence-electron chi connectivity index (χ3n) is 2.88. The Bertz CT molecular complexity index is 437. The van der Waals surface area contributed by atoms with Crippen molar-refractivity contribution in [2.24, 2.45) is 5.92 Å². The summed E-state index contributed by atoms with van der Waals surface area (Å²) in [5, 5.41) is 4.03. The number of hydrogen-bond donors (Lipinski definition) is 2. The predicted octanol–water partition coefficient (Wildman–Crippen LogP) is 2.31. The first kappa shape index (κ1) is 13.2. The number of carbonyl (C=O) groups excluding carboxylic acids is 1. The Hall–Kier alpha value is -1.23. The molecule has 2 rings (SSSR count). The van der Waals surface area contributed by atoms with Gasteiger partial charge >= 0.3 is 0 Å². The molecular formula is C13H21N3OS. The van der Waals surface area contributed by atoms with Crippen LogP contribution in [0.3, 0.4) is 0 Å². The maximum atomic E-state index is 12.0. The molecule has 100 valence electrons. The molecule has 1 aromatic rings. The van der Waals surface area contributed by atoms with Crippen LogP contribution in [0.5, 0.6) is 0 Å². The molecule has 0 atom stereocenters. The van der Waals surface area contributed by atoms with Crippen LogP contribution in [-0.4, -0.2) is 25.5 Å². The number of thiophene rings is 1. The molecule has 0 bridgehead atoms. The van der Waals surface area contributed by atoms with Gasteiger partial charge in [-0.25, -0.2) is 0 Å². The highest BCUT2D eigenvalue weighted by Gasteiger charge is 2.26. The van der Waals surface area contributed by atoms with E-state index in [1.807, 2.05) is 13.1 Å². The van der Waals surface area contributed by atoms with Crippen molar-refractivity contribution in [2.45, 2.75) is 32.7 Å². The van der Waals surface area contributed by atoms with Gasteiger partial charge in [-0.3, -0.25) is 4.79 Å². The normalized spacial score (nSPS) is 14.9. The molecule has 1 aromatic heterocycles. The fourth-order valence-electron chi connectivity index (χ4n) is 1.87. The van der Waals surface area contributed by atoms with E-state index in [1.54, 1.807) is 0 Å². The Labute approximate surface area is 112 Å². The van der Waals surface area contributed by atoms with Gasteiger partial charge in [0.15, 0.2) is 0 Å². The van der Waals surface area contributed by atoms with E-state index in [0.29, 0.717) is 22.5 Å². The average molecular weight is 267 g/mol. The minimum absolute atomic E-state index is 0.0239. The zero-order valence-electron chi connectivity index (χ0n) is 11.2. The SMILES string of the molecule is CC(C)CN(C)c1cc(N)c(C(=O)NC2CC2)s1. The Morgan fingerprint density at radius 2 is 2.28 bits per heavy atom. The summed E-state index contributed by atoms with van der Waals surface area (Å²) in [7, 11) is 2.04. The molecule has 1 amide bonds. The maximum Gasteiger partial charge on any atom is 0.263 e. The number of anilines is 2. The maximum absolute atomic E-state index is 12.0. The summed E-state index contributed by atoms with van der Waals surface area (Å²) in [6.07, 6.45) is 2.19. The molecule has 5 heteroatoms. The molecular weight excluding hydrogens is 246 g/mol. The highest BCUT2D eigenvalue weighted by Crippen LogP contribution is 2.32. The number of amides is 1. The zero-order chi connectivity index (χ0) is 13.3. The summed E-state index contributed by atoms with van der Waals surface area (Å²) >= 11 is 1.48. The Morgan fingerprint density at radius 1 is 1.61 bits per heavy atom. The molecule has 1 saturated carbocycles. The second-order valence-electron chi connectivity index (χ2n) is 5.39. The van der Waals surface area contributed by atoms with Crippen molar-refractivity contribution >= 4 is 27.9 Å². The molecule has 1 fully saturated rings. The summed E-state index contributed by atoms with van der Waals surface area (Å²) in [6.45, 7) is 5.31. The lowest BCUT2D eigenvalue weighted by molar-refractivity contribution is 0.0956. The minimum atomic E-state index is -0.0239. The van der Waals surface area contributed by atoms with E-state index in [-0.39, 0.29) is 5.91 Å². The molecule has 3 N–H and O–H groups in total. The Balaban J connectivity index is 2.07. The quantitative estimate of drug-likeness (QED) is 0.860. The van der Waals surface area contributed by atoms with Crippen LogP contribution in [0, 0.1) is 5.92 Å². The lowest BCUT2D eigenvalue weighted by atomic mass is 10.2. The smallest absolute Gasteiger partial charge is 0.263 e. The highest BCUT2D eigenvalue weighted by molar-refractivity contribution is 7.18. The van der Waals surface area contributed by atoms with Crippen LogP contribution in [0.1, 0.15) is 36.4 Å². The largest absolute Gasteiger partial charge is 0.397 e. The van der Waals surface area contributed by atoms with Crippen LogP contribution in [-0.2, 0) is 0 Å². The fourth-order valence-corrected chi connectivity index (χ4v) is 2.83. The van der Waals surface area contributed by atoms with E-state index in [4.69, 9.17) is 5.73 Å². The minimum Gasteiger partial charge on any atom is -0.397 e. The topological polar surface area (TPSA) is 58.4 Å². The van der Waals surface area contributed by atoms with E-state index in [1.165, 1.54) is 11.3 Å². The van der Waals surface area contributed by atoms with E-state index in [9.17, 15) is 4.79 Å². The fraction of sp³-hybridized carbons (Fsp3) is 0.615. The number of hydrogen-bond acceptors (Lipinski definition) is 4. The monoisotopic (exact) mass is 267 g/mol. The van der Waals surface area contributed by atoms with Gasteiger partial charge in [-0.15, -0.1) is 11.3 Å². The number of rotatable bonds is 5. The van der Waals surface area contributed by atoms with E-state index >= 15 is 0 Å². The zero-order valence-corrected chi connectivity index (χ0v) is 12.0. The van der Waals surface area contributed by atoms with Crippen LogP contribution >= 0.6 is 11.3 Å². The summed E-state index contributed by atoms with van der Waals surface area (Å²) in [4.78, 5) is 14.8. The number of nitrogen functional groups attached to an aromatic ring is 1. The van der Waals surface area contributed by atoms with Crippen molar-refractivity contribution in [3.05, 3.63) is 10.9 Å². The van der Waals surface area contributed by atoms with Gasteiger partial charge in [0.25, 0.3) is 5.91 Å². The van der Waals surface area contributed by atoms with E-state index < -0.39 is 0 Å². The Kier molecular flexibility index (Phi) is 3.80. The van der Waals surface area contributed by atoms with Crippen LogP contribution in [0.15, 0.2) is 6.07 Å². The van der Waals surface area contributed by atoms with Crippen LogP contribution in [0.25, 0.3) is 0 Å². The van der Waals surface area contributed by atoms with Crippen molar-refractivity contribution < 1.29 is 4.79 Å². The van der Waals surface area contributed by atoms with Crippen molar-refractivity contribution in [3.63, 3.8) is 0 Å². The molecule has 18 heavy (non-hydrogen) atoms. The van der Waals surface area contributed by atoms with Crippen molar-refractivity contribution in [2.75, 3.05) is 24.2 Å². The van der Waals surface area contributed by atoms with Gasteiger partial charge in [-0.05, 0) is 24.8 Å². The van der Waals surface area contributed by atoms with Gasteiger partial charge in [0, 0.05) is 19.6 Å². The lowest BCUT2D eigenvalue weighted by Crippen LogP contribution is -2.25. The molecule has 4 nitrogen and oxygen atoms in total. The first-order valence-corrected chi connectivity index (χ1v) is 7.20. The van der Waals surface area contributed by atoms with E-state index in [0.717, 1.165) is 24.4 Å². The molecule has 0 aromatic carbocycles. The predicted molar refractivity (Wildman–Crippen MR) is 77.3 cm³/mol. The second-order valence-corrected chi connectivity index (χ2v) is 6.42. The first-order chi connectivity index (χ1) is 8.47. The molecule has 0 aliphatic heterocycles. The van der Waals surface area contributed by atoms with Gasteiger partial charge in [0.2, 0.25) is 0 Å². The summed E-state index contributed by atoms with van der Waals surface area (Å²) in [5.41, 5.74) is 6.52. The second kappa shape index (κ2) is 5.18. The van der Waals surface area contributed by atoms with Gasteiger partial charge < -0.3 is 16.0 Å². The highest BCUT2D eigenvalue weighted by atomic mass is 32.1. The van der Waals surface area contributed by atoms with Gasteiger partial charge in [0.05, 0.1) is 10.7 Å². The van der Waals surface area contributed by atoms with Gasteiger partial charge in [-0.1, -0.05) is 13.8 Å². The first-order valence-electron chi connectivity index (χ1n) is 6.38. The summed E-state index contributed by atoms with van der Waals surface area (Å²) in [5.74, 6) is 0.561. The molecule has 0 saturated heterocycles. The molecule has 0 unspecified atom stereocenters. The van der Waals surface area contributed by atoms with Crippen molar-refractivity contribution in [3.8, 4) is 0 Å². The third-order valence-corrected chi connectivity index (χ3v) is 4.15. The van der Waals surface area contributed by atoms with Crippen LogP contribution in [0.4, 0.5) is 10.7 Å². The summed E-state index contributed by atoms with van der Waals surface area (Å²) < 4.78 is 0. The average Bonchev–Trinajstić information content (AvgIpc) is 2.98. The van der Waals surface area contributed by atoms with Gasteiger partial charge in [-0.2, -0.15) is 0 Å². The number of nitrogens with zero attached hydrogens (tertiary/aromatic N) is 1. The van der Waals surface area contributed by atoms with Crippen molar-refractivity contribution in [1.29, 1.82) is 0 Å². The van der Waals surface area contributed by atoms with Crippen LogP contribution in [0.2, 0.25) is 0 Å². The Morgan fingerprint density at radius 3 is 2.83 bits per heavy atom. The molecule has 0 radical (unpaired) electrons. The molecule has 1 aliphatic carbocycles. The van der Waals surface area contributed by atoms with Crippen molar-refractivity contribution in [1.82, 2.24) is 5.32 Å².